The van der Waals surface area contributed by atoms with Crippen LogP contribution in [0.25, 0.3) is 5.53 Å². The number of ketones is 1. The molecule has 0 aromatic heterocycles. The molecule has 1 atom stereocenters. The van der Waals surface area contributed by atoms with Crippen LogP contribution in [-0.4, -0.2) is 34.9 Å². The highest BCUT2D eigenvalue weighted by atomic mass is 16.6. The van der Waals surface area contributed by atoms with Crippen LogP contribution in [0.5, 0.6) is 0 Å². The highest BCUT2D eigenvalue weighted by Crippen LogP contribution is 2.04. The van der Waals surface area contributed by atoms with Crippen LogP contribution in [0.1, 0.15) is 24.2 Å². The number of hydrogen-bond donors (Lipinski definition) is 1. The lowest BCUT2D eigenvalue weighted by Crippen LogP contribution is -2.45. The van der Waals surface area contributed by atoms with Gasteiger partial charge in [-0.2, -0.15) is 4.79 Å². The van der Waals surface area contributed by atoms with Gasteiger partial charge in [0.25, 0.3) is 5.78 Å². The number of benzene rings is 1. The summed E-state index contributed by atoms with van der Waals surface area (Å²) in [5, 5.41) is 2.27. The van der Waals surface area contributed by atoms with Gasteiger partial charge in [-0.3, -0.25) is 4.79 Å². The molecular formula is C14H15N3O4. The Morgan fingerprint density at radius 2 is 1.86 bits per heavy atom. The van der Waals surface area contributed by atoms with Crippen molar-refractivity contribution in [2.24, 2.45) is 5.92 Å². The fourth-order valence-corrected chi connectivity index (χ4v) is 1.58. The molecule has 1 amide bonds. The molecule has 1 rings (SSSR count). The van der Waals surface area contributed by atoms with Gasteiger partial charge in [-0.25, -0.2) is 9.59 Å². The lowest BCUT2D eigenvalue weighted by Gasteiger charge is -2.17. The molecule has 1 aromatic rings. The third kappa shape index (κ3) is 5.00. The van der Waals surface area contributed by atoms with Crippen molar-refractivity contribution in [2.75, 3.05) is 0 Å². The van der Waals surface area contributed by atoms with Crippen LogP contribution in [0.15, 0.2) is 30.3 Å². The summed E-state index contributed by atoms with van der Waals surface area (Å²) in [7, 11) is 0. The molecule has 110 valence electrons. The maximum Gasteiger partial charge on any atom is 0.415 e. The van der Waals surface area contributed by atoms with Crippen LogP contribution in [0.3, 0.4) is 0 Å². The summed E-state index contributed by atoms with van der Waals surface area (Å²) in [5.74, 6) is -1.69. The number of nitrogens with one attached hydrogen (secondary N) is 1. The van der Waals surface area contributed by atoms with Gasteiger partial charge in [0.1, 0.15) is 6.04 Å². The van der Waals surface area contributed by atoms with E-state index in [9.17, 15) is 14.4 Å². The minimum atomic E-state index is -1.04. The lowest BCUT2D eigenvalue weighted by atomic mass is 10.0. The van der Waals surface area contributed by atoms with E-state index in [1.807, 2.05) is 0 Å². The maximum absolute atomic E-state index is 11.7. The molecule has 7 nitrogen and oxygen atoms in total. The Morgan fingerprint density at radius 3 is 2.38 bits per heavy atom. The van der Waals surface area contributed by atoms with Crippen molar-refractivity contribution < 1.29 is 23.9 Å². The van der Waals surface area contributed by atoms with Gasteiger partial charge < -0.3 is 15.6 Å². The van der Waals surface area contributed by atoms with Gasteiger partial charge in [-0.15, -0.1) is 0 Å². The minimum Gasteiger partial charge on any atom is -0.373 e. The van der Waals surface area contributed by atoms with E-state index in [4.69, 9.17) is 5.53 Å². The quantitative estimate of drug-likeness (QED) is 0.291. The number of amides is 1. The van der Waals surface area contributed by atoms with Gasteiger partial charge in [0, 0.05) is 0 Å². The summed E-state index contributed by atoms with van der Waals surface area (Å²) >= 11 is 0. The molecule has 0 aliphatic carbocycles. The van der Waals surface area contributed by atoms with Crippen LogP contribution in [0, 0.1) is 5.92 Å². The number of esters is 1. The molecule has 0 aliphatic rings. The Morgan fingerprint density at radius 1 is 1.24 bits per heavy atom. The molecule has 7 heteroatoms. The second kappa shape index (κ2) is 7.72. The van der Waals surface area contributed by atoms with Crippen molar-refractivity contribution in [2.45, 2.75) is 19.9 Å². The van der Waals surface area contributed by atoms with Gasteiger partial charge in [-0.1, -0.05) is 32.0 Å². The molecule has 0 saturated carbocycles. The molecule has 1 N–H and O–H groups in total. The highest BCUT2D eigenvalue weighted by Gasteiger charge is 2.27. The highest BCUT2D eigenvalue weighted by molar-refractivity contribution is 6.28. The van der Waals surface area contributed by atoms with Crippen LogP contribution in [-0.2, 0) is 9.53 Å². The van der Waals surface area contributed by atoms with E-state index >= 15 is 0 Å². The van der Waals surface area contributed by atoms with Gasteiger partial charge in [0.05, 0.1) is 5.56 Å². The minimum absolute atomic E-state index is 0.219. The van der Waals surface area contributed by atoms with E-state index in [2.05, 4.69) is 14.8 Å². The normalized spacial score (nSPS) is 11.2. The zero-order chi connectivity index (χ0) is 15.8. The number of nitrogens with zero attached hydrogens (tertiary/aromatic N) is 2. The van der Waals surface area contributed by atoms with E-state index in [1.54, 1.807) is 32.0 Å². The molecule has 21 heavy (non-hydrogen) atoms. The Balaban J connectivity index is 2.69. The Hall–Kier alpha value is -2.79. The van der Waals surface area contributed by atoms with Crippen molar-refractivity contribution in [3.63, 3.8) is 0 Å². The standard InChI is InChI=1S/C14H15N3O4/c1-9(2)12(11(18)8-16-15)17-14(20)21-13(19)10-6-4-3-5-7-10/h3-9,12H,1-2H3,(H,17,20)/t12-/m1/s1. The van der Waals surface area contributed by atoms with Gasteiger partial charge in [0.2, 0.25) is 0 Å². The molecule has 0 spiro atoms. The third-order valence-corrected chi connectivity index (χ3v) is 2.63. The molecule has 1 aromatic carbocycles. The van der Waals surface area contributed by atoms with Crippen molar-refractivity contribution in [1.82, 2.24) is 5.32 Å². The van der Waals surface area contributed by atoms with E-state index in [1.165, 1.54) is 12.1 Å². The van der Waals surface area contributed by atoms with Crippen LogP contribution in [0.4, 0.5) is 4.79 Å². The zero-order valence-corrected chi connectivity index (χ0v) is 11.6. The SMILES string of the molecule is CC(C)[C@@H](NC(=O)OC(=O)c1ccccc1)C(=O)C=[N+]=[N-]. The van der Waals surface area contributed by atoms with Crippen LogP contribution < -0.4 is 5.32 Å². The summed E-state index contributed by atoms with van der Waals surface area (Å²) in [4.78, 5) is 37.5. The Bertz CT molecular complexity index is 577. The molecule has 0 unspecified atom stereocenters. The number of alkyl carbamates (subject to hydrolysis) is 1. The average molecular weight is 289 g/mol. The Kier molecular flexibility index (Phi) is 5.98. The average Bonchev–Trinajstić information content (AvgIpc) is 2.45. The molecular weight excluding hydrogens is 274 g/mol. The molecule has 0 fully saturated rings. The number of Topliss-reactive ketones (excluding diaryl/α,β-unsaturated/α-hetero) is 1. The van der Waals surface area contributed by atoms with Gasteiger partial charge in [0.15, 0.2) is 0 Å². The first-order valence-electron chi connectivity index (χ1n) is 6.24. The summed E-state index contributed by atoms with van der Waals surface area (Å²) in [6, 6.07) is 7.03. The molecule has 0 radical (unpaired) electrons. The van der Waals surface area contributed by atoms with Crippen molar-refractivity contribution in [3.8, 4) is 0 Å². The number of carbonyl (C=O) groups is 3. The van der Waals surface area contributed by atoms with Crippen LogP contribution >= 0.6 is 0 Å². The first-order chi connectivity index (χ1) is 9.95. The van der Waals surface area contributed by atoms with Crippen LogP contribution in [0.2, 0.25) is 0 Å². The van der Waals surface area contributed by atoms with E-state index < -0.39 is 23.9 Å². The van der Waals surface area contributed by atoms with E-state index in [0.29, 0.717) is 6.21 Å². The summed E-state index contributed by atoms with van der Waals surface area (Å²) in [6.45, 7) is 3.38. The predicted molar refractivity (Wildman–Crippen MR) is 73.7 cm³/mol. The van der Waals surface area contributed by atoms with Gasteiger partial charge in [-0.05, 0) is 18.1 Å². The molecule has 0 aliphatic heterocycles. The largest absolute Gasteiger partial charge is 0.415 e. The topological polar surface area (TPSA) is 109 Å². The van der Waals surface area contributed by atoms with Gasteiger partial charge >= 0.3 is 18.3 Å². The van der Waals surface area contributed by atoms with Crippen molar-refractivity contribution in [3.05, 3.63) is 41.4 Å². The summed E-state index contributed by atoms with van der Waals surface area (Å²) in [5.41, 5.74) is 8.57. The van der Waals surface area contributed by atoms with Crippen molar-refractivity contribution in [1.29, 1.82) is 0 Å². The summed E-state index contributed by atoms with van der Waals surface area (Å²) < 4.78 is 4.60. The first-order valence-corrected chi connectivity index (χ1v) is 6.24. The second-order valence-corrected chi connectivity index (χ2v) is 4.56. The number of rotatable bonds is 5. The van der Waals surface area contributed by atoms with Crippen molar-refractivity contribution >= 4 is 24.1 Å². The fraction of sp³-hybridized carbons (Fsp3) is 0.286. The first kappa shape index (κ1) is 16.3. The van der Waals surface area contributed by atoms with E-state index in [0.717, 1.165) is 0 Å². The zero-order valence-electron chi connectivity index (χ0n) is 11.6. The maximum atomic E-state index is 11.7. The number of ether oxygens (including phenoxy) is 1. The second-order valence-electron chi connectivity index (χ2n) is 4.56. The molecule has 0 saturated heterocycles. The number of hydrogen-bond acceptors (Lipinski definition) is 4. The molecule has 0 bridgehead atoms. The predicted octanol–water partition coefficient (Wildman–Crippen LogP) is 1.45. The monoisotopic (exact) mass is 289 g/mol. The van der Waals surface area contributed by atoms with E-state index in [-0.39, 0.29) is 11.5 Å². The third-order valence-electron chi connectivity index (χ3n) is 2.63. The Labute approximate surface area is 121 Å². The molecule has 0 heterocycles. The smallest absolute Gasteiger partial charge is 0.373 e. The summed E-state index contributed by atoms with van der Waals surface area (Å²) in [6.07, 6.45) is -0.355. The fourth-order valence-electron chi connectivity index (χ4n) is 1.58. The number of carbonyl (C=O) groups excluding carboxylic acids is 3. The lowest BCUT2D eigenvalue weighted by molar-refractivity contribution is -0.118.